The van der Waals surface area contributed by atoms with Crippen molar-refractivity contribution in [3.63, 3.8) is 0 Å². The number of nitrogens with one attached hydrogen (secondary N) is 1. The van der Waals surface area contributed by atoms with Crippen LogP contribution in [0.4, 0.5) is 24.8 Å². The van der Waals surface area contributed by atoms with Crippen LogP contribution < -0.4 is 20.7 Å². The van der Waals surface area contributed by atoms with Gasteiger partial charge in [0.25, 0.3) is 0 Å². The van der Waals surface area contributed by atoms with E-state index in [9.17, 15) is 4.39 Å². The van der Waals surface area contributed by atoms with E-state index in [1.807, 2.05) is 0 Å². The maximum absolute atomic E-state index is 16.2. The second kappa shape index (κ2) is 11.4. The quantitative estimate of drug-likeness (QED) is 0.323. The number of anilines is 2. The van der Waals surface area contributed by atoms with Crippen LogP contribution in [0.2, 0.25) is 0 Å². The molecule has 0 spiro atoms. The van der Waals surface area contributed by atoms with Crippen molar-refractivity contribution in [2.45, 2.75) is 56.4 Å². The molecule has 8 nitrogen and oxygen atoms in total. The summed E-state index contributed by atoms with van der Waals surface area (Å²) in [4.78, 5) is 17.4. The first-order chi connectivity index (χ1) is 21.3. The van der Waals surface area contributed by atoms with E-state index in [4.69, 9.17) is 16.9 Å². The highest BCUT2D eigenvalue weighted by Gasteiger charge is 2.36. The zero-order chi connectivity index (χ0) is 30.5. The van der Waals surface area contributed by atoms with Gasteiger partial charge in [0.15, 0.2) is 5.82 Å². The van der Waals surface area contributed by atoms with Gasteiger partial charge in [0.05, 0.1) is 18.4 Å². The van der Waals surface area contributed by atoms with Crippen LogP contribution in [0.5, 0.6) is 6.01 Å². The molecule has 8 rings (SSSR count). The van der Waals surface area contributed by atoms with Crippen molar-refractivity contribution in [1.29, 1.82) is 0 Å². The molecule has 4 saturated heterocycles. The Morgan fingerprint density at radius 2 is 1.86 bits per heavy atom. The lowest BCUT2D eigenvalue weighted by molar-refractivity contribution is 0.292. The van der Waals surface area contributed by atoms with Crippen LogP contribution in [0.25, 0.3) is 32.9 Å². The number of methoxy groups -OCH3 is 1. The normalized spacial score (nSPS) is 24.3. The molecular weight excluding hydrogens is 567 g/mol. The number of aromatic nitrogens is 3. The summed E-state index contributed by atoms with van der Waals surface area (Å²) in [6.07, 6.45) is 10.6. The highest BCUT2D eigenvalue weighted by molar-refractivity contribution is 6.02. The van der Waals surface area contributed by atoms with E-state index in [0.29, 0.717) is 59.9 Å². The van der Waals surface area contributed by atoms with Crippen LogP contribution in [0.3, 0.4) is 0 Å². The third kappa shape index (κ3) is 5.06. The topological polar surface area (TPSA) is 92.4 Å². The maximum Gasteiger partial charge on any atom is 0.318 e. The summed E-state index contributed by atoms with van der Waals surface area (Å²) in [6, 6.07) is 9.36. The molecule has 4 aromatic rings. The standard InChI is InChI=1S/C26H22F2N6O.C7H12FN/c1-3-13-5-4-6-14-9-19(29)31-24(20(13)14)21-18(27)10-17-23(22(21)28)32-26(35-2)33-25(17)34-11-15-7-8-16(12-34)30-15;8-6-4-7-2-1-3-9(7)5-6/h1,4-6,9-10,15-16,30H,7-8,11-12H2,2H3,(H2,29,31);6-7H,1-5H2. The molecule has 4 fully saturated rings. The lowest BCUT2D eigenvalue weighted by Gasteiger charge is -2.34. The van der Waals surface area contributed by atoms with Gasteiger partial charge in [-0.2, -0.15) is 9.97 Å². The number of hydrogen-bond donors (Lipinski definition) is 2. The molecule has 2 aromatic carbocycles. The molecule has 4 aliphatic rings. The molecular formula is C33H34F3N7O. The van der Waals surface area contributed by atoms with Gasteiger partial charge in [-0.15, -0.1) is 6.42 Å². The van der Waals surface area contributed by atoms with Crippen molar-refractivity contribution in [3.05, 3.63) is 47.5 Å². The Hall–Kier alpha value is -4.14. The van der Waals surface area contributed by atoms with Crippen molar-refractivity contribution >= 4 is 33.3 Å². The zero-order valence-electron chi connectivity index (χ0n) is 24.5. The van der Waals surface area contributed by atoms with Gasteiger partial charge >= 0.3 is 6.01 Å². The third-order valence-corrected chi connectivity index (χ3v) is 9.27. The van der Waals surface area contributed by atoms with E-state index in [0.717, 1.165) is 25.8 Å². The fraction of sp³-hybridized carbons (Fsp3) is 0.424. The third-order valence-electron chi connectivity index (χ3n) is 9.27. The summed E-state index contributed by atoms with van der Waals surface area (Å²) in [5.74, 6) is 1.48. The second-order valence-corrected chi connectivity index (χ2v) is 12.1. The van der Waals surface area contributed by atoms with Crippen LogP contribution in [0.15, 0.2) is 30.3 Å². The first-order valence-electron chi connectivity index (χ1n) is 15.1. The summed E-state index contributed by atoms with van der Waals surface area (Å²) >= 11 is 0. The maximum atomic E-state index is 16.2. The number of pyridine rings is 1. The van der Waals surface area contributed by atoms with E-state index < -0.39 is 17.8 Å². The van der Waals surface area contributed by atoms with Crippen molar-refractivity contribution in [3.8, 4) is 29.6 Å². The minimum absolute atomic E-state index is 0.00421. The lowest BCUT2D eigenvalue weighted by atomic mass is 9.97. The Balaban J connectivity index is 0.000000296. The molecule has 228 valence electrons. The first kappa shape index (κ1) is 28.6. The number of ether oxygens (including phenoxy) is 1. The Bertz CT molecular complexity index is 1770. The molecule has 4 atom stereocenters. The zero-order valence-corrected chi connectivity index (χ0v) is 24.5. The smallest absolute Gasteiger partial charge is 0.318 e. The summed E-state index contributed by atoms with van der Waals surface area (Å²) in [5.41, 5.74) is 6.10. The number of fused-ring (bicyclic) bond motifs is 5. The monoisotopic (exact) mass is 601 g/mol. The molecule has 44 heavy (non-hydrogen) atoms. The molecule has 4 aliphatic heterocycles. The molecule has 2 aromatic heterocycles. The summed E-state index contributed by atoms with van der Waals surface area (Å²) < 4.78 is 49.9. The molecule has 2 bridgehead atoms. The highest BCUT2D eigenvalue weighted by Crippen LogP contribution is 2.39. The minimum Gasteiger partial charge on any atom is -0.467 e. The van der Waals surface area contributed by atoms with E-state index >= 15 is 8.78 Å². The molecule has 11 heteroatoms. The molecule has 0 saturated carbocycles. The molecule has 6 heterocycles. The van der Waals surface area contributed by atoms with Gasteiger partial charge in [-0.25, -0.2) is 18.2 Å². The van der Waals surface area contributed by atoms with Crippen molar-refractivity contribution in [1.82, 2.24) is 25.2 Å². The summed E-state index contributed by atoms with van der Waals surface area (Å²) in [7, 11) is 1.42. The summed E-state index contributed by atoms with van der Waals surface area (Å²) in [6.45, 7) is 3.23. The van der Waals surface area contributed by atoms with Crippen LogP contribution in [0.1, 0.15) is 37.7 Å². The average Bonchev–Trinajstić information content (AvgIpc) is 3.70. The van der Waals surface area contributed by atoms with Crippen molar-refractivity contribution < 1.29 is 17.9 Å². The number of rotatable bonds is 3. The van der Waals surface area contributed by atoms with Gasteiger partial charge < -0.3 is 20.7 Å². The number of nitrogens with zero attached hydrogens (tertiary/aromatic N) is 5. The average molecular weight is 602 g/mol. The SMILES string of the molecule is C#Cc1cccc2cc(N)nc(-c3c(F)cc4c(N5CC6CCC(C5)N6)nc(OC)nc4c3F)c12.FC1CC2CCCN2C1. The summed E-state index contributed by atoms with van der Waals surface area (Å²) in [5, 5.41) is 4.91. The molecule has 0 amide bonds. The Morgan fingerprint density at radius 3 is 2.59 bits per heavy atom. The van der Waals surface area contributed by atoms with Crippen LogP contribution in [0, 0.1) is 24.0 Å². The second-order valence-electron chi connectivity index (χ2n) is 12.1. The van der Waals surface area contributed by atoms with Gasteiger partial charge in [-0.3, -0.25) is 4.90 Å². The molecule has 4 unspecified atom stereocenters. The number of alkyl halides is 1. The first-order valence-corrected chi connectivity index (χ1v) is 15.1. The number of nitrogens with two attached hydrogens (primary N) is 1. The van der Waals surface area contributed by atoms with E-state index in [1.54, 1.807) is 24.3 Å². The number of terminal acetylenes is 1. The molecule has 0 radical (unpaired) electrons. The molecule has 0 aliphatic carbocycles. The van der Waals surface area contributed by atoms with Gasteiger partial charge in [0.1, 0.15) is 29.1 Å². The van der Waals surface area contributed by atoms with Crippen LogP contribution in [-0.4, -0.2) is 77.4 Å². The van der Waals surface area contributed by atoms with E-state index in [1.165, 1.54) is 26.0 Å². The fourth-order valence-corrected chi connectivity index (χ4v) is 7.34. The van der Waals surface area contributed by atoms with Crippen LogP contribution >= 0.6 is 0 Å². The number of benzene rings is 2. The Morgan fingerprint density at radius 1 is 1.07 bits per heavy atom. The number of piperazine rings is 1. The highest BCUT2D eigenvalue weighted by atomic mass is 19.1. The van der Waals surface area contributed by atoms with E-state index in [2.05, 4.69) is 36.0 Å². The predicted octanol–water partition coefficient (Wildman–Crippen LogP) is 4.83. The van der Waals surface area contributed by atoms with Gasteiger partial charge in [-0.1, -0.05) is 18.1 Å². The number of hydrogen-bond acceptors (Lipinski definition) is 8. The number of halogens is 3. The van der Waals surface area contributed by atoms with E-state index in [-0.39, 0.29) is 34.0 Å². The van der Waals surface area contributed by atoms with Crippen LogP contribution in [-0.2, 0) is 0 Å². The van der Waals surface area contributed by atoms with Gasteiger partial charge in [0, 0.05) is 54.1 Å². The Labute approximate surface area is 253 Å². The van der Waals surface area contributed by atoms with Crippen molar-refractivity contribution in [2.75, 3.05) is 43.9 Å². The van der Waals surface area contributed by atoms with Gasteiger partial charge in [0.2, 0.25) is 0 Å². The Kier molecular flexibility index (Phi) is 7.42. The lowest BCUT2D eigenvalue weighted by Crippen LogP contribution is -2.51. The van der Waals surface area contributed by atoms with Gasteiger partial charge in [-0.05, 0) is 62.2 Å². The predicted molar refractivity (Wildman–Crippen MR) is 165 cm³/mol. The minimum atomic E-state index is -0.869. The largest absolute Gasteiger partial charge is 0.467 e. The molecule has 3 N–H and O–H groups in total. The van der Waals surface area contributed by atoms with Crippen molar-refractivity contribution in [2.24, 2.45) is 0 Å². The fourth-order valence-electron chi connectivity index (χ4n) is 7.34. The number of nitrogen functional groups attached to an aromatic ring is 1.